The molecule has 0 saturated heterocycles. The van der Waals surface area contributed by atoms with Crippen LogP contribution in [-0.4, -0.2) is 48.1 Å². The number of amides is 1. The molecule has 5 heteroatoms. The molecule has 0 bridgehead atoms. The van der Waals surface area contributed by atoms with Crippen molar-refractivity contribution in [2.45, 2.75) is 26.7 Å². The van der Waals surface area contributed by atoms with Gasteiger partial charge in [-0.2, -0.15) is 0 Å². The van der Waals surface area contributed by atoms with E-state index in [2.05, 4.69) is 24.1 Å². The van der Waals surface area contributed by atoms with Crippen LogP contribution >= 0.6 is 0 Å². The molecule has 5 nitrogen and oxygen atoms in total. The Labute approximate surface area is 114 Å². The first-order chi connectivity index (χ1) is 9.10. The summed E-state index contributed by atoms with van der Waals surface area (Å²) in [6.07, 6.45) is 4.71. The van der Waals surface area contributed by atoms with Crippen LogP contribution < -0.4 is 5.32 Å². The van der Waals surface area contributed by atoms with Crippen LogP contribution in [0.15, 0.2) is 12.2 Å². The fraction of sp³-hybridized carbons (Fsp3) is 0.714. The molecule has 0 radical (unpaired) electrons. The molecule has 2 unspecified atom stereocenters. The monoisotopic (exact) mass is 268 g/mol. The van der Waals surface area contributed by atoms with Crippen molar-refractivity contribution in [2.24, 2.45) is 11.8 Å². The van der Waals surface area contributed by atoms with Gasteiger partial charge >= 0.3 is 5.97 Å². The molecule has 0 aromatic heterocycles. The van der Waals surface area contributed by atoms with Crippen LogP contribution in [0.5, 0.6) is 0 Å². The van der Waals surface area contributed by atoms with Crippen molar-refractivity contribution in [3.8, 4) is 0 Å². The smallest absolute Gasteiger partial charge is 0.307 e. The molecule has 0 aromatic carbocycles. The molecule has 1 aliphatic carbocycles. The third-order valence-electron chi connectivity index (χ3n) is 3.71. The van der Waals surface area contributed by atoms with Gasteiger partial charge in [-0.15, -0.1) is 0 Å². The van der Waals surface area contributed by atoms with E-state index in [1.807, 2.05) is 12.2 Å². The maximum atomic E-state index is 12.0. The predicted molar refractivity (Wildman–Crippen MR) is 73.8 cm³/mol. The van der Waals surface area contributed by atoms with E-state index in [0.717, 1.165) is 19.6 Å². The Bertz CT molecular complexity index is 338. The first-order valence-electron chi connectivity index (χ1n) is 6.98. The first kappa shape index (κ1) is 15.7. The van der Waals surface area contributed by atoms with Gasteiger partial charge < -0.3 is 15.3 Å². The number of nitrogens with one attached hydrogen (secondary N) is 1. The molecule has 1 amide bonds. The Morgan fingerprint density at radius 3 is 2.32 bits per heavy atom. The zero-order valence-electron chi connectivity index (χ0n) is 11.8. The Morgan fingerprint density at radius 2 is 1.79 bits per heavy atom. The van der Waals surface area contributed by atoms with Crippen molar-refractivity contribution in [2.75, 3.05) is 26.2 Å². The summed E-state index contributed by atoms with van der Waals surface area (Å²) >= 11 is 0. The summed E-state index contributed by atoms with van der Waals surface area (Å²) in [5.74, 6) is -2.03. The second kappa shape index (κ2) is 7.94. The highest BCUT2D eigenvalue weighted by Crippen LogP contribution is 2.25. The summed E-state index contributed by atoms with van der Waals surface area (Å²) in [4.78, 5) is 25.4. The molecule has 108 valence electrons. The second-order valence-electron chi connectivity index (χ2n) is 4.81. The number of allylic oxidation sites excluding steroid dienone is 2. The van der Waals surface area contributed by atoms with E-state index in [1.165, 1.54) is 0 Å². The van der Waals surface area contributed by atoms with Gasteiger partial charge in [-0.3, -0.25) is 9.59 Å². The van der Waals surface area contributed by atoms with Gasteiger partial charge in [0.15, 0.2) is 0 Å². The average Bonchev–Trinajstić information content (AvgIpc) is 2.43. The van der Waals surface area contributed by atoms with Crippen LogP contribution in [-0.2, 0) is 9.59 Å². The van der Waals surface area contributed by atoms with Crippen LogP contribution in [0.3, 0.4) is 0 Å². The molecule has 0 fully saturated rings. The highest BCUT2D eigenvalue weighted by atomic mass is 16.4. The van der Waals surface area contributed by atoms with E-state index in [9.17, 15) is 9.59 Å². The number of nitrogens with zero attached hydrogens (tertiary/aromatic N) is 1. The van der Waals surface area contributed by atoms with Crippen LogP contribution in [0.25, 0.3) is 0 Å². The van der Waals surface area contributed by atoms with E-state index < -0.39 is 17.8 Å². The van der Waals surface area contributed by atoms with E-state index in [4.69, 9.17) is 5.11 Å². The van der Waals surface area contributed by atoms with Gasteiger partial charge in [-0.05, 0) is 25.9 Å². The maximum Gasteiger partial charge on any atom is 0.307 e. The summed E-state index contributed by atoms with van der Waals surface area (Å²) in [6, 6.07) is 0. The molecule has 0 aromatic rings. The molecule has 0 saturated carbocycles. The number of carbonyl (C=O) groups is 2. The number of carboxylic acid groups (broad SMARTS) is 1. The van der Waals surface area contributed by atoms with E-state index in [-0.39, 0.29) is 5.91 Å². The molecule has 2 N–H and O–H groups in total. The molecular weight excluding hydrogens is 244 g/mol. The Balaban J connectivity index is 2.43. The normalized spacial score (nSPS) is 22.5. The lowest BCUT2D eigenvalue weighted by molar-refractivity contribution is -0.147. The largest absolute Gasteiger partial charge is 0.481 e. The van der Waals surface area contributed by atoms with Crippen molar-refractivity contribution in [3.63, 3.8) is 0 Å². The molecule has 0 aliphatic heterocycles. The van der Waals surface area contributed by atoms with E-state index >= 15 is 0 Å². The number of carbonyl (C=O) groups excluding carboxylic acids is 1. The van der Waals surface area contributed by atoms with Crippen LogP contribution in [0.1, 0.15) is 26.7 Å². The number of carboxylic acids is 1. The van der Waals surface area contributed by atoms with Crippen LogP contribution in [0.2, 0.25) is 0 Å². The molecule has 0 heterocycles. The first-order valence-corrected chi connectivity index (χ1v) is 6.98. The number of rotatable bonds is 7. The Hall–Kier alpha value is -1.36. The minimum atomic E-state index is -0.881. The van der Waals surface area contributed by atoms with Gasteiger partial charge in [0, 0.05) is 13.1 Å². The fourth-order valence-corrected chi connectivity index (χ4v) is 2.39. The lowest BCUT2D eigenvalue weighted by Gasteiger charge is -2.25. The lowest BCUT2D eigenvalue weighted by Crippen LogP contribution is -2.41. The Kier molecular flexibility index (Phi) is 6.56. The van der Waals surface area contributed by atoms with Crippen molar-refractivity contribution in [3.05, 3.63) is 12.2 Å². The third kappa shape index (κ3) is 4.67. The lowest BCUT2D eigenvalue weighted by atomic mass is 9.82. The van der Waals surface area contributed by atoms with Crippen molar-refractivity contribution < 1.29 is 14.7 Å². The number of hydrogen-bond donors (Lipinski definition) is 2. The Morgan fingerprint density at radius 1 is 1.21 bits per heavy atom. The van der Waals surface area contributed by atoms with Crippen molar-refractivity contribution in [1.29, 1.82) is 0 Å². The van der Waals surface area contributed by atoms with Gasteiger partial charge in [-0.1, -0.05) is 26.0 Å². The van der Waals surface area contributed by atoms with E-state index in [0.29, 0.717) is 19.4 Å². The predicted octanol–water partition coefficient (Wildman–Crippen LogP) is 1.11. The molecule has 19 heavy (non-hydrogen) atoms. The SMILES string of the molecule is CCN(CC)CCNC(=O)C1CC=CCC1C(=O)O. The summed E-state index contributed by atoms with van der Waals surface area (Å²) in [5, 5.41) is 12.0. The fourth-order valence-electron chi connectivity index (χ4n) is 2.39. The van der Waals surface area contributed by atoms with Gasteiger partial charge in [0.25, 0.3) is 0 Å². The van der Waals surface area contributed by atoms with Crippen molar-refractivity contribution in [1.82, 2.24) is 10.2 Å². The third-order valence-corrected chi connectivity index (χ3v) is 3.71. The van der Waals surface area contributed by atoms with E-state index in [1.54, 1.807) is 0 Å². The topological polar surface area (TPSA) is 69.6 Å². The van der Waals surface area contributed by atoms with Gasteiger partial charge in [0.05, 0.1) is 11.8 Å². The number of hydrogen-bond acceptors (Lipinski definition) is 3. The zero-order chi connectivity index (χ0) is 14.3. The minimum Gasteiger partial charge on any atom is -0.481 e. The molecule has 1 aliphatic rings. The highest BCUT2D eigenvalue weighted by molar-refractivity contribution is 5.85. The van der Waals surface area contributed by atoms with Crippen LogP contribution in [0, 0.1) is 11.8 Å². The summed E-state index contributed by atoms with van der Waals surface area (Å²) in [7, 11) is 0. The molecule has 0 spiro atoms. The number of aliphatic carboxylic acids is 1. The molecule has 1 rings (SSSR count). The van der Waals surface area contributed by atoms with Gasteiger partial charge in [0.2, 0.25) is 5.91 Å². The summed E-state index contributed by atoms with van der Waals surface area (Å²) in [6.45, 7) is 7.45. The quantitative estimate of drug-likeness (QED) is 0.679. The van der Waals surface area contributed by atoms with Gasteiger partial charge in [-0.25, -0.2) is 0 Å². The maximum absolute atomic E-state index is 12.0. The molecular formula is C14H24N2O3. The zero-order valence-corrected chi connectivity index (χ0v) is 11.8. The average molecular weight is 268 g/mol. The highest BCUT2D eigenvalue weighted by Gasteiger charge is 2.33. The van der Waals surface area contributed by atoms with Crippen LogP contribution in [0.4, 0.5) is 0 Å². The second-order valence-corrected chi connectivity index (χ2v) is 4.81. The number of likely N-dealkylation sites (N-methyl/N-ethyl adjacent to an activating group) is 1. The summed E-state index contributed by atoms with van der Waals surface area (Å²) in [5.41, 5.74) is 0. The summed E-state index contributed by atoms with van der Waals surface area (Å²) < 4.78 is 0. The molecule has 2 atom stereocenters. The van der Waals surface area contributed by atoms with Crippen molar-refractivity contribution >= 4 is 11.9 Å². The minimum absolute atomic E-state index is 0.135. The van der Waals surface area contributed by atoms with Gasteiger partial charge in [0.1, 0.15) is 0 Å². The standard InChI is InChI=1S/C14H24N2O3/c1-3-16(4-2)10-9-15-13(17)11-7-5-6-8-12(11)14(18)19/h5-6,11-12H,3-4,7-10H2,1-2H3,(H,15,17)(H,18,19).